The molecule has 2 atom stereocenters. The van der Waals surface area contributed by atoms with Gasteiger partial charge in [0.15, 0.2) is 0 Å². The van der Waals surface area contributed by atoms with Crippen molar-refractivity contribution < 1.29 is 9.90 Å². The number of benzene rings is 2. The number of hydrogen-bond acceptors (Lipinski definition) is 2. The van der Waals surface area contributed by atoms with Crippen molar-refractivity contribution >= 4 is 12.0 Å². The molecule has 0 radical (unpaired) electrons. The Balaban J connectivity index is 1.59. The minimum Gasteiger partial charge on any atom is -0.481 e. The second-order valence-electron chi connectivity index (χ2n) is 7.04. The monoisotopic (exact) mass is 349 g/mol. The maximum absolute atomic E-state index is 11.4. The van der Waals surface area contributed by atoms with Gasteiger partial charge in [0.2, 0.25) is 0 Å². The molecule has 2 aromatic carbocycles. The summed E-state index contributed by atoms with van der Waals surface area (Å²) in [4.78, 5) is 11.4. The Hall–Kier alpha value is -2.39. The van der Waals surface area contributed by atoms with Gasteiger partial charge in [-0.25, -0.2) is 0 Å². The van der Waals surface area contributed by atoms with Gasteiger partial charge in [0.1, 0.15) is 0 Å². The molecule has 0 aliphatic carbocycles. The first-order valence-corrected chi connectivity index (χ1v) is 9.46. The van der Waals surface area contributed by atoms with Crippen LogP contribution in [-0.2, 0) is 11.2 Å². The SMILES string of the molecule is O=C(O)[C@H]1CNCC[C@@H]1CC/C=C/c1ccccc1Cc1ccccc1. The van der Waals surface area contributed by atoms with Gasteiger partial charge in [-0.2, -0.15) is 0 Å². The number of carbonyl (C=O) groups is 1. The van der Waals surface area contributed by atoms with Crippen LogP contribution in [-0.4, -0.2) is 24.2 Å². The third kappa shape index (κ3) is 5.06. The number of hydrogen-bond donors (Lipinski definition) is 2. The van der Waals surface area contributed by atoms with Gasteiger partial charge >= 0.3 is 5.97 Å². The number of carboxylic acids is 1. The highest BCUT2D eigenvalue weighted by Crippen LogP contribution is 2.25. The molecule has 1 saturated heterocycles. The fourth-order valence-electron chi connectivity index (χ4n) is 3.74. The summed E-state index contributed by atoms with van der Waals surface area (Å²) < 4.78 is 0. The predicted octanol–water partition coefficient (Wildman–Crippen LogP) is 4.38. The molecule has 3 rings (SSSR count). The first-order valence-electron chi connectivity index (χ1n) is 9.46. The van der Waals surface area contributed by atoms with Crippen LogP contribution in [0, 0.1) is 11.8 Å². The minimum atomic E-state index is -0.667. The number of carboxylic acid groups (broad SMARTS) is 1. The van der Waals surface area contributed by atoms with Gasteiger partial charge in [-0.1, -0.05) is 66.7 Å². The summed E-state index contributed by atoms with van der Waals surface area (Å²) in [6.45, 7) is 1.53. The molecule has 0 saturated carbocycles. The molecule has 0 aromatic heterocycles. The Morgan fingerprint density at radius 2 is 1.88 bits per heavy atom. The fraction of sp³-hybridized carbons (Fsp3) is 0.348. The van der Waals surface area contributed by atoms with E-state index in [1.54, 1.807) is 0 Å². The van der Waals surface area contributed by atoms with E-state index in [1.165, 1.54) is 16.7 Å². The van der Waals surface area contributed by atoms with Crippen molar-refractivity contribution in [3.05, 3.63) is 77.4 Å². The van der Waals surface area contributed by atoms with Gasteiger partial charge < -0.3 is 10.4 Å². The van der Waals surface area contributed by atoms with Crippen LogP contribution >= 0.6 is 0 Å². The third-order valence-corrected chi connectivity index (χ3v) is 5.24. The van der Waals surface area contributed by atoms with E-state index in [4.69, 9.17) is 0 Å². The molecule has 136 valence electrons. The van der Waals surface area contributed by atoms with Crippen LogP contribution in [0.4, 0.5) is 0 Å². The zero-order valence-corrected chi connectivity index (χ0v) is 15.1. The minimum absolute atomic E-state index is 0.248. The highest BCUT2D eigenvalue weighted by molar-refractivity contribution is 5.70. The maximum Gasteiger partial charge on any atom is 0.308 e. The summed E-state index contributed by atoms with van der Waals surface area (Å²) in [5, 5.41) is 12.6. The molecule has 26 heavy (non-hydrogen) atoms. The number of nitrogens with one attached hydrogen (secondary N) is 1. The van der Waals surface area contributed by atoms with Crippen LogP contribution in [0.5, 0.6) is 0 Å². The lowest BCUT2D eigenvalue weighted by atomic mass is 9.83. The Morgan fingerprint density at radius 3 is 2.69 bits per heavy atom. The molecule has 0 unspecified atom stereocenters. The van der Waals surface area contributed by atoms with Gasteiger partial charge in [0, 0.05) is 6.54 Å². The van der Waals surface area contributed by atoms with E-state index in [9.17, 15) is 9.90 Å². The normalized spacial score (nSPS) is 20.3. The van der Waals surface area contributed by atoms with E-state index in [-0.39, 0.29) is 11.8 Å². The van der Waals surface area contributed by atoms with E-state index >= 15 is 0 Å². The quantitative estimate of drug-likeness (QED) is 0.780. The van der Waals surface area contributed by atoms with Crippen LogP contribution in [0.15, 0.2) is 60.7 Å². The number of rotatable bonds is 7. The molecule has 0 amide bonds. The number of piperidine rings is 1. The summed E-state index contributed by atoms with van der Waals surface area (Å²) >= 11 is 0. The van der Waals surface area contributed by atoms with Crippen molar-refractivity contribution in [1.29, 1.82) is 0 Å². The van der Waals surface area contributed by atoms with Crippen LogP contribution in [0.1, 0.15) is 36.0 Å². The smallest absolute Gasteiger partial charge is 0.308 e. The maximum atomic E-state index is 11.4. The first-order chi connectivity index (χ1) is 12.7. The van der Waals surface area contributed by atoms with Crippen LogP contribution in [0.3, 0.4) is 0 Å². The highest BCUT2D eigenvalue weighted by atomic mass is 16.4. The van der Waals surface area contributed by atoms with E-state index in [1.807, 2.05) is 6.07 Å². The van der Waals surface area contributed by atoms with Gasteiger partial charge in [0.25, 0.3) is 0 Å². The standard InChI is InChI=1S/C23H27NO2/c25-23(26)22-17-24-15-14-20(22)12-6-4-10-19-11-5-7-13-21(19)16-18-8-2-1-3-9-18/h1-5,7-11,13,20,22,24H,6,12,14-17H2,(H,25,26)/b10-4+/t20-,22-/m0/s1. The zero-order chi connectivity index (χ0) is 18.2. The molecular formula is C23H27NO2. The van der Waals surface area contributed by atoms with Crippen LogP contribution < -0.4 is 5.32 Å². The van der Waals surface area contributed by atoms with Crippen molar-refractivity contribution in [1.82, 2.24) is 5.32 Å². The number of allylic oxidation sites excluding steroid dienone is 1. The van der Waals surface area contributed by atoms with E-state index in [0.717, 1.165) is 32.2 Å². The van der Waals surface area contributed by atoms with Crippen LogP contribution in [0.25, 0.3) is 6.08 Å². The molecule has 3 heteroatoms. The van der Waals surface area contributed by atoms with Crippen molar-refractivity contribution in [2.45, 2.75) is 25.7 Å². The summed E-state index contributed by atoms with van der Waals surface area (Å²) in [6, 6.07) is 19.0. The lowest BCUT2D eigenvalue weighted by Crippen LogP contribution is -2.40. The van der Waals surface area contributed by atoms with Gasteiger partial charge in [0.05, 0.1) is 5.92 Å². The van der Waals surface area contributed by atoms with Crippen LogP contribution in [0.2, 0.25) is 0 Å². The van der Waals surface area contributed by atoms with E-state index < -0.39 is 5.97 Å². The molecule has 2 aromatic rings. The second kappa shape index (κ2) is 9.35. The Kier molecular flexibility index (Phi) is 6.62. The zero-order valence-electron chi connectivity index (χ0n) is 15.1. The van der Waals surface area contributed by atoms with Gasteiger partial charge in [-0.3, -0.25) is 4.79 Å². The molecule has 3 nitrogen and oxygen atoms in total. The fourth-order valence-corrected chi connectivity index (χ4v) is 3.74. The Labute approximate surface area is 155 Å². The average Bonchev–Trinajstić information content (AvgIpc) is 2.67. The summed E-state index contributed by atoms with van der Waals surface area (Å²) in [5.41, 5.74) is 3.88. The Bertz CT molecular complexity index is 739. The second-order valence-corrected chi connectivity index (χ2v) is 7.04. The van der Waals surface area contributed by atoms with Crippen molar-refractivity contribution in [3.63, 3.8) is 0 Å². The molecule has 2 N–H and O–H groups in total. The van der Waals surface area contributed by atoms with Crippen molar-refractivity contribution in [2.24, 2.45) is 11.8 Å². The molecule has 1 fully saturated rings. The molecule has 1 aliphatic rings. The topological polar surface area (TPSA) is 49.3 Å². The van der Waals surface area contributed by atoms with E-state index in [0.29, 0.717) is 6.54 Å². The first kappa shape index (κ1) is 18.4. The highest BCUT2D eigenvalue weighted by Gasteiger charge is 2.29. The van der Waals surface area contributed by atoms with Gasteiger partial charge in [-0.15, -0.1) is 0 Å². The lowest BCUT2D eigenvalue weighted by molar-refractivity contribution is -0.144. The molecule has 1 heterocycles. The van der Waals surface area contributed by atoms with E-state index in [2.05, 4.69) is 66.0 Å². The lowest BCUT2D eigenvalue weighted by Gasteiger charge is -2.28. The summed E-state index contributed by atoms with van der Waals surface area (Å²) in [6.07, 6.45) is 8.14. The third-order valence-electron chi connectivity index (χ3n) is 5.24. The van der Waals surface area contributed by atoms with Crippen molar-refractivity contribution in [3.8, 4) is 0 Å². The van der Waals surface area contributed by atoms with Crippen molar-refractivity contribution in [2.75, 3.05) is 13.1 Å². The molecular weight excluding hydrogens is 322 g/mol. The van der Waals surface area contributed by atoms with Gasteiger partial charge in [-0.05, 0) is 54.8 Å². The summed E-state index contributed by atoms with van der Waals surface area (Å²) in [7, 11) is 0. The largest absolute Gasteiger partial charge is 0.481 e. The summed E-state index contributed by atoms with van der Waals surface area (Å²) in [5.74, 6) is -0.639. The molecule has 1 aliphatic heterocycles. The number of aliphatic carboxylic acids is 1. The molecule has 0 bridgehead atoms. The Morgan fingerprint density at radius 1 is 1.12 bits per heavy atom. The predicted molar refractivity (Wildman–Crippen MR) is 106 cm³/mol. The molecule has 0 spiro atoms. The average molecular weight is 349 g/mol.